The summed E-state index contributed by atoms with van der Waals surface area (Å²) < 4.78 is 19.1. The molecule has 0 aliphatic carbocycles. The lowest BCUT2D eigenvalue weighted by molar-refractivity contribution is -0.384. The van der Waals surface area contributed by atoms with Crippen LogP contribution in [-0.4, -0.2) is 121 Å². The van der Waals surface area contributed by atoms with Crippen LogP contribution in [0.25, 0.3) is 0 Å². The average Bonchev–Trinajstić information content (AvgIpc) is 3.45. The Bertz CT molecular complexity index is 1200. The summed E-state index contributed by atoms with van der Waals surface area (Å²) in [7, 11) is 0. The fourth-order valence-electron chi connectivity index (χ4n) is 5.83. The smallest absolute Gasteiger partial charge is 0.269 e. The minimum Gasteiger partial charge on any atom is -0.379 e. The number of carbonyl (C=O) groups excluding carboxylic acids is 2. The number of carbonyl (C=O) groups is 2. The van der Waals surface area contributed by atoms with Gasteiger partial charge in [0.25, 0.3) is 11.6 Å². The van der Waals surface area contributed by atoms with Gasteiger partial charge in [-0.2, -0.15) is 0 Å². The molecule has 0 bridgehead atoms. The first-order valence-electron chi connectivity index (χ1n) is 14.2. The van der Waals surface area contributed by atoms with Gasteiger partial charge in [-0.1, -0.05) is 12.1 Å². The predicted octanol–water partition coefficient (Wildman–Crippen LogP) is 1.58. The fraction of sp³-hybridized carbons (Fsp3) is 0.517. The van der Waals surface area contributed by atoms with E-state index >= 15 is 0 Å². The number of nitro benzene ring substituents is 1. The Morgan fingerprint density at radius 2 is 1.71 bits per heavy atom. The van der Waals surface area contributed by atoms with Crippen LogP contribution in [0.1, 0.15) is 22.3 Å². The van der Waals surface area contributed by atoms with Gasteiger partial charge in [-0.15, -0.1) is 0 Å². The second kappa shape index (κ2) is 13.5. The summed E-state index contributed by atoms with van der Waals surface area (Å²) in [5.74, 6) is -0.774. The molecule has 2 aromatic carbocycles. The molecule has 11 nitrogen and oxygen atoms in total. The van der Waals surface area contributed by atoms with Crippen molar-refractivity contribution in [2.75, 3.05) is 72.1 Å². The molecule has 1 N–H and O–H groups in total. The topological polar surface area (TPSA) is 111 Å². The van der Waals surface area contributed by atoms with Gasteiger partial charge >= 0.3 is 0 Å². The molecule has 12 heteroatoms. The summed E-state index contributed by atoms with van der Waals surface area (Å²) in [5.41, 5.74) is 1.30. The van der Waals surface area contributed by atoms with E-state index < -0.39 is 16.8 Å². The van der Waals surface area contributed by atoms with Crippen molar-refractivity contribution >= 4 is 17.5 Å². The van der Waals surface area contributed by atoms with E-state index in [2.05, 4.69) is 15.1 Å². The third kappa shape index (κ3) is 7.25. The van der Waals surface area contributed by atoms with Crippen LogP contribution in [0, 0.1) is 15.9 Å². The normalized spacial score (nSPS) is 21.8. The highest BCUT2D eigenvalue weighted by Gasteiger charge is 2.43. The molecule has 2 amide bonds. The summed E-state index contributed by atoms with van der Waals surface area (Å²) >= 11 is 0. The lowest BCUT2D eigenvalue weighted by Crippen LogP contribution is -2.53. The van der Waals surface area contributed by atoms with Crippen LogP contribution in [-0.2, 0) is 16.1 Å². The van der Waals surface area contributed by atoms with Crippen LogP contribution in [0.2, 0.25) is 0 Å². The molecule has 3 heterocycles. The van der Waals surface area contributed by atoms with Gasteiger partial charge < -0.3 is 19.9 Å². The van der Waals surface area contributed by atoms with Gasteiger partial charge in [0, 0.05) is 89.2 Å². The van der Waals surface area contributed by atoms with E-state index in [0.29, 0.717) is 71.0 Å². The van der Waals surface area contributed by atoms with Crippen molar-refractivity contribution in [2.45, 2.75) is 25.0 Å². The maximum absolute atomic E-state index is 13.8. The lowest BCUT2D eigenvalue weighted by atomic mass is 10.1. The third-order valence-electron chi connectivity index (χ3n) is 8.20. The highest BCUT2D eigenvalue weighted by Crippen LogP contribution is 2.28. The zero-order valence-electron chi connectivity index (χ0n) is 23.1. The molecule has 0 spiro atoms. The van der Waals surface area contributed by atoms with Crippen LogP contribution in [0.3, 0.4) is 0 Å². The van der Waals surface area contributed by atoms with Crippen LogP contribution in [0.15, 0.2) is 48.5 Å². The van der Waals surface area contributed by atoms with E-state index in [4.69, 9.17) is 4.74 Å². The fourth-order valence-corrected chi connectivity index (χ4v) is 5.83. The number of nitrogens with zero attached hydrogens (tertiary/aromatic N) is 5. The van der Waals surface area contributed by atoms with Gasteiger partial charge in [0.2, 0.25) is 5.91 Å². The van der Waals surface area contributed by atoms with Crippen molar-refractivity contribution in [1.29, 1.82) is 0 Å². The molecule has 41 heavy (non-hydrogen) atoms. The molecular formula is C29H37FN6O5. The molecule has 0 aromatic heterocycles. The van der Waals surface area contributed by atoms with Crippen molar-refractivity contribution in [3.63, 3.8) is 0 Å². The largest absolute Gasteiger partial charge is 0.379 e. The van der Waals surface area contributed by atoms with Crippen molar-refractivity contribution in [3.8, 4) is 0 Å². The number of nitro groups is 1. The molecule has 3 aliphatic heterocycles. The highest BCUT2D eigenvalue weighted by molar-refractivity contribution is 5.98. The molecule has 3 saturated heterocycles. The molecule has 0 saturated carbocycles. The van der Waals surface area contributed by atoms with Gasteiger partial charge in [0.15, 0.2) is 0 Å². The minimum atomic E-state index is -0.626. The summed E-state index contributed by atoms with van der Waals surface area (Å²) in [4.78, 5) is 46.3. The number of halogens is 1. The van der Waals surface area contributed by atoms with Gasteiger partial charge in [-0.25, -0.2) is 4.39 Å². The Hall–Kier alpha value is -3.45. The molecule has 3 aliphatic rings. The third-order valence-corrected chi connectivity index (χ3v) is 8.20. The number of likely N-dealkylation sites (tertiary alicyclic amines) is 1. The lowest BCUT2D eigenvalue weighted by Gasteiger charge is -2.33. The van der Waals surface area contributed by atoms with Crippen molar-refractivity contribution in [3.05, 3.63) is 75.6 Å². The average molecular weight is 569 g/mol. The van der Waals surface area contributed by atoms with E-state index in [1.54, 1.807) is 17.0 Å². The Balaban J connectivity index is 1.39. The molecule has 3 fully saturated rings. The number of non-ortho nitro benzene ring substituents is 1. The second-order valence-corrected chi connectivity index (χ2v) is 10.8. The predicted molar refractivity (Wildman–Crippen MR) is 150 cm³/mol. The highest BCUT2D eigenvalue weighted by atomic mass is 19.1. The van der Waals surface area contributed by atoms with Crippen molar-refractivity contribution in [1.82, 2.24) is 24.9 Å². The van der Waals surface area contributed by atoms with E-state index in [1.807, 2.05) is 4.90 Å². The number of nitrogens with one attached hydrogen (secondary N) is 1. The second-order valence-electron chi connectivity index (χ2n) is 10.8. The molecule has 5 rings (SSSR count). The summed E-state index contributed by atoms with van der Waals surface area (Å²) in [6, 6.07) is 11.3. The maximum atomic E-state index is 13.8. The molecule has 0 radical (unpaired) electrons. The van der Waals surface area contributed by atoms with Gasteiger partial charge in [0.1, 0.15) is 11.9 Å². The Kier molecular flexibility index (Phi) is 9.55. The quantitative estimate of drug-likeness (QED) is 0.359. The summed E-state index contributed by atoms with van der Waals surface area (Å²) in [6.07, 6.45) is 0.478. The number of benzene rings is 2. The minimum absolute atomic E-state index is 0.0345. The number of hydrogen-bond acceptors (Lipinski definition) is 8. The van der Waals surface area contributed by atoms with Crippen LogP contribution in [0.5, 0.6) is 0 Å². The first kappa shape index (κ1) is 29.1. The Morgan fingerprint density at radius 1 is 1.02 bits per heavy atom. The molecule has 2 atom stereocenters. The van der Waals surface area contributed by atoms with E-state index in [0.717, 1.165) is 25.2 Å². The van der Waals surface area contributed by atoms with Crippen LogP contribution < -0.4 is 5.32 Å². The van der Waals surface area contributed by atoms with Gasteiger partial charge in [-0.05, 0) is 36.2 Å². The first-order chi connectivity index (χ1) is 19.9. The molecule has 2 unspecified atom stereocenters. The van der Waals surface area contributed by atoms with Gasteiger partial charge in [0.05, 0.1) is 18.1 Å². The number of amides is 2. The SMILES string of the molecule is O=C(C1CC(N(CCN2CCOCC2)Cc2ccc([N+](=O)[O-])cc2)CN1C(=O)c1ccc(F)cc1)N1CCNCC1. The van der Waals surface area contributed by atoms with E-state index in [9.17, 15) is 24.1 Å². The number of hydrogen-bond donors (Lipinski definition) is 1. The van der Waals surface area contributed by atoms with Crippen molar-refractivity contribution < 1.29 is 23.6 Å². The molecular weight excluding hydrogens is 531 g/mol. The standard InChI is InChI=1S/C29H37FN6O5/c30-24-5-3-23(4-6-24)28(37)35-21-26(19-27(35)29(38)33-11-9-31-10-12-33)34(14-13-32-15-17-41-18-16-32)20-22-1-7-25(8-2-22)36(39)40/h1-8,26-27,31H,9-21H2. The summed E-state index contributed by atoms with van der Waals surface area (Å²) in [6.45, 7) is 8.03. The number of morpholine rings is 1. The zero-order chi connectivity index (χ0) is 28.8. The number of rotatable bonds is 9. The monoisotopic (exact) mass is 568 g/mol. The van der Waals surface area contributed by atoms with E-state index in [-0.39, 0.29) is 23.5 Å². The maximum Gasteiger partial charge on any atom is 0.269 e. The number of ether oxygens (including phenoxy) is 1. The van der Waals surface area contributed by atoms with Crippen molar-refractivity contribution in [2.24, 2.45) is 0 Å². The zero-order valence-corrected chi connectivity index (χ0v) is 23.1. The van der Waals surface area contributed by atoms with Gasteiger partial charge in [-0.3, -0.25) is 29.5 Å². The van der Waals surface area contributed by atoms with E-state index in [1.165, 1.54) is 36.4 Å². The van der Waals surface area contributed by atoms with Crippen LogP contribution >= 0.6 is 0 Å². The Labute approximate surface area is 239 Å². The number of piperazine rings is 1. The van der Waals surface area contributed by atoms with Crippen LogP contribution in [0.4, 0.5) is 10.1 Å². The summed E-state index contributed by atoms with van der Waals surface area (Å²) in [5, 5.41) is 14.4. The first-order valence-corrected chi connectivity index (χ1v) is 14.2. The Morgan fingerprint density at radius 3 is 2.37 bits per heavy atom. The molecule has 220 valence electrons. The molecule has 2 aromatic rings.